The molecule has 9 nitrogen and oxygen atoms in total. The van der Waals surface area contributed by atoms with Crippen molar-refractivity contribution in [2.24, 2.45) is 5.14 Å². The fourth-order valence-electron chi connectivity index (χ4n) is 2.51. The van der Waals surface area contributed by atoms with Gasteiger partial charge in [0, 0.05) is 23.2 Å². The highest BCUT2D eigenvalue weighted by Crippen LogP contribution is 2.16. The first-order chi connectivity index (χ1) is 13.9. The summed E-state index contributed by atoms with van der Waals surface area (Å²) in [5, 5.41) is 21.3. The zero-order valence-corrected chi connectivity index (χ0v) is 16.1. The number of carboxylic acid groups (broad SMARTS) is 1. The zero-order chi connectivity index (χ0) is 21.2. The van der Waals surface area contributed by atoms with Crippen LogP contribution in [0.4, 0.5) is 10.5 Å². The number of nitrogens with two attached hydrogens (primary N) is 1. The van der Waals surface area contributed by atoms with E-state index in [9.17, 15) is 19.2 Å². The number of rotatable bonds is 8. The van der Waals surface area contributed by atoms with Crippen molar-refractivity contribution in [1.82, 2.24) is 10.6 Å². The van der Waals surface area contributed by atoms with Crippen LogP contribution in [-0.4, -0.2) is 34.7 Å². The molecule has 0 aliphatic rings. The van der Waals surface area contributed by atoms with Crippen molar-refractivity contribution in [3.63, 3.8) is 0 Å². The minimum atomic E-state index is -1.06. The summed E-state index contributed by atoms with van der Waals surface area (Å²) < 4.78 is 0. The maximum absolute atomic E-state index is 12.3. The van der Waals surface area contributed by atoms with E-state index in [2.05, 4.69) is 16.0 Å². The first-order valence-electron chi connectivity index (χ1n) is 8.51. The van der Waals surface area contributed by atoms with Crippen molar-refractivity contribution < 1.29 is 24.3 Å². The van der Waals surface area contributed by atoms with Gasteiger partial charge in [-0.1, -0.05) is 36.4 Å². The summed E-state index contributed by atoms with van der Waals surface area (Å²) in [4.78, 5) is 46.9. The lowest BCUT2D eigenvalue weighted by Crippen LogP contribution is -2.39. The molecule has 0 bridgehead atoms. The predicted molar refractivity (Wildman–Crippen MR) is 109 cm³/mol. The topological polar surface area (TPSA) is 151 Å². The summed E-state index contributed by atoms with van der Waals surface area (Å²) in [5.41, 5.74) is 1.27. The molecule has 0 fully saturated rings. The van der Waals surface area contributed by atoms with E-state index in [1.807, 2.05) is 0 Å². The smallest absolute Gasteiger partial charge is 0.305 e. The number of amides is 3. The minimum Gasteiger partial charge on any atom is -0.481 e. The number of hydrogen-bond acceptors (Lipinski definition) is 6. The highest BCUT2D eigenvalue weighted by molar-refractivity contribution is 8.11. The standard InChI is InChI=1S/C19H20N4O5S/c20-29-19(28)22-14-8-4-7-13(9-14)18(27)21-11-16(24)23-15(10-17(25)26)12-5-2-1-3-6-12/h1-9,15H,10-11,20H2,(H,21,27)(H,22,28)(H,23,24)(H,25,26). The number of carbonyl (C=O) groups excluding carboxylic acids is 3. The molecule has 6 N–H and O–H groups in total. The quantitative estimate of drug-likeness (QED) is 0.412. The van der Waals surface area contributed by atoms with Crippen LogP contribution < -0.4 is 21.1 Å². The third-order valence-electron chi connectivity index (χ3n) is 3.80. The first kappa shape index (κ1) is 21.9. The molecule has 1 atom stereocenters. The lowest BCUT2D eigenvalue weighted by Gasteiger charge is -2.17. The molecular weight excluding hydrogens is 396 g/mol. The van der Waals surface area contributed by atoms with E-state index in [-0.39, 0.29) is 18.5 Å². The number of carbonyl (C=O) groups is 4. The van der Waals surface area contributed by atoms with Crippen LogP contribution in [0.1, 0.15) is 28.4 Å². The van der Waals surface area contributed by atoms with Crippen molar-refractivity contribution in [2.45, 2.75) is 12.5 Å². The highest BCUT2D eigenvalue weighted by Gasteiger charge is 2.18. The van der Waals surface area contributed by atoms with Gasteiger partial charge in [0.05, 0.1) is 19.0 Å². The Bertz CT molecular complexity index is 891. The van der Waals surface area contributed by atoms with Gasteiger partial charge in [-0.15, -0.1) is 0 Å². The molecule has 3 amide bonds. The highest BCUT2D eigenvalue weighted by atomic mass is 32.2. The second-order valence-corrected chi connectivity index (χ2v) is 6.53. The molecule has 0 saturated heterocycles. The van der Waals surface area contributed by atoms with Gasteiger partial charge in [-0.2, -0.15) is 0 Å². The summed E-state index contributed by atoms with van der Waals surface area (Å²) in [6.45, 7) is -0.336. The zero-order valence-electron chi connectivity index (χ0n) is 15.3. The van der Waals surface area contributed by atoms with Gasteiger partial charge >= 0.3 is 5.97 Å². The third kappa shape index (κ3) is 7.28. The fourth-order valence-corrected chi connectivity index (χ4v) is 2.68. The number of aliphatic carboxylic acids is 1. The molecule has 0 spiro atoms. The van der Waals surface area contributed by atoms with E-state index in [0.717, 1.165) is 0 Å². The Kier molecular flexibility index (Phi) is 8.19. The van der Waals surface area contributed by atoms with Crippen molar-refractivity contribution in [3.05, 3.63) is 65.7 Å². The average Bonchev–Trinajstić information content (AvgIpc) is 2.72. The average molecular weight is 416 g/mol. The normalized spacial score (nSPS) is 11.2. The molecule has 0 saturated carbocycles. The van der Waals surface area contributed by atoms with Gasteiger partial charge in [0.15, 0.2) is 0 Å². The van der Waals surface area contributed by atoms with E-state index in [0.29, 0.717) is 23.2 Å². The van der Waals surface area contributed by atoms with E-state index in [4.69, 9.17) is 10.2 Å². The molecule has 2 rings (SSSR count). The molecule has 0 aliphatic heterocycles. The molecule has 2 aromatic carbocycles. The van der Waals surface area contributed by atoms with Gasteiger partial charge in [-0.05, 0) is 23.8 Å². The lowest BCUT2D eigenvalue weighted by atomic mass is 10.0. The third-order valence-corrected chi connectivity index (χ3v) is 4.12. The molecule has 1 unspecified atom stereocenters. The molecule has 0 heterocycles. The Labute approximate surface area is 171 Å². The summed E-state index contributed by atoms with van der Waals surface area (Å²) in [6.07, 6.45) is -0.287. The van der Waals surface area contributed by atoms with Gasteiger partial charge in [-0.3, -0.25) is 24.3 Å². The van der Waals surface area contributed by atoms with Crippen LogP contribution in [0.5, 0.6) is 0 Å². The maximum Gasteiger partial charge on any atom is 0.305 e. The monoisotopic (exact) mass is 416 g/mol. The van der Waals surface area contributed by atoms with Crippen LogP contribution in [0, 0.1) is 0 Å². The van der Waals surface area contributed by atoms with E-state index < -0.39 is 29.1 Å². The minimum absolute atomic E-state index is 0.239. The Balaban J connectivity index is 1.95. The molecule has 10 heteroatoms. The Hall–Kier alpha value is -3.37. The van der Waals surface area contributed by atoms with Crippen LogP contribution in [0.3, 0.4) is 0 Å². The first-order valence-corrected chi connectivity index (χ1v) is 9.39. The van der Waals surface area contributed by atoms with Crippen molar-refractivity contribution in [3.8, 4) is 0 Å². The Morgan fingerprint density at radius 2 is 1.76 bits per heavy atom. The number of benzene rings is 2. The van der Waals surface area contributed by atoms with Gasteiger partial charge < -0.3 is 21.1 Å². The van der Waals surface area contributed by atoms with Crippen LogP contribution in [0.2, 0.25) is 0 Å². The SMILES string of the molecule is NSC(=O)Nc1cccc(C(=O)NCC(=O)NC(CC(=O)O)c2ccccc2)c1. The molecule has 0 radical (unpaired) electrons. The molecule has 2 aromatic rings. The van der Waals surface area contributed by atoms with Crippen molar-refractivity contribution >= 4 is 40.7 Å². The number of nitrogens with one attached hydrogen (secondary N) is 3. The second kappa shape index (κ2) is 10.8. The fraction of sp³-hybridized carbons (Fsp3) is 0.158. The number of carboxylic acids is 1. The number of hydrogen-bond donors (Lipinski definition) is 5. The Morgan fingerprint density at radius 1 is 1.03 bits per heavy atom. The van der Waals surface area contributed by atoms with Crippen LogP contribution in [0.15, 0.2) is 54.6 Å². The summed E-state index contributed by atoms with van der Waals surface area (Å²) >= 11 is 0.511. The predicted octanol–water partition coefficient (Wildman–Crippen LogP) is 1.89. The summed E-state index contributed by atoms with van der Waals surface area (Å²) in [7, 11) is 0. The maximum atomic E-state index is 12.3. The lowest BCUT2D eigenvalue weighted by molar-refractivity contribution is -0.137. The second-order valence-electron chi connectivity index (χ2n) is 5.92. The molecular formula is C19H20N4O5S. The number of anilines is 1. The van der Waals surface area contributed by atoms with E-state index >= 15 is 0 Å². The van der Waals surface area contributed by atoms with Crippen molar-refractivity contribution in [2.75, 3.05) is 11.9 Å². The van der Waals surface area contributed by atoms with Gasteiger partial charge in [0.1, 0.15) is 0 Å². The van der Waals surface area contributed by atoms with Gasteiger partial charge in [0.2, 0.25) is 5.91 Å². The van der Waals surface area contributed by atoms with E-state index in [1.165, 1.54) is 12.1 Å². The molecule has 0 aliphatic carbocycles. The largest absolute Gasteiger partial charge is 0.481 e. The van der Waals surface area contributed by atoms with Crippen LogP contribution in [-0.2, 0) is 9.59 Å². The summed E-state index contributed by atoms with van der Waals surface area (Å²) in [5.74, 6) is -2.11. The van der Waals surface area contributed by atoms with Crippen LogP contribution >= 0.6 is 11.9 Å². The summed E-state index contributed by atoms with van der Waals surface area (Å²) in [6, 6.07) is 14.1. The van der Waals surface area contributed by atoms with Crippen LogP contribution in [0.25, 0.3) is 0 Å². The van der Waals surface area contributed by atoms with Gasteiger partial charge in [-0.25, -0.2) is 0 Å². The molecule has 152 valence electrons. The van der Waals surface area contributed by atoms with Crippen molar-refractivity contribution in [1.29, 1.82) is 0 Å². The van der Waals surface area contributed by atoms with E-state index in [1.54, 1.807) is 42.5 Å². The molecule has 0 aromatic heterocycles. The molecule has 29 heavy (non-hydrogen) atoms. The van der Waals surface area contributed by atoms with Gasteiger partial charge in [0.25, 0.3) is 11.1 Å². The Morgan fingerprint density at radius 3 is 2.41 bits per heavy atom.